The molecule has 0 bridgehead atoms. The zero-order valence-electron chi connectivity index (χ0n) is 49.4. The Labute approximate surface area is 446 Å². The van der Waals surface area contributed by atoms with E-state index in [0.29, 0.717) is 0 Å². The number of hydrogen-bond donors (Lipinski definition) is 0. The zero-order chi connectivity index (χ0) is 49.9. The molecule has 0 aromatic rings. The fourth-order valence-corrected chi connectivity index (χ4v) is 20.1. The van der Waals surface area contributed by atoms with Gasteiger partial charge < -0.3 is 0 Å². The molecular formula is C71H126. The van der Waals surface area contributed by atoms with Crippen molar-refractivity contribution >= 4 is 0 Å². The molecule has 0 heterocycles. The topological polar surface area (TPSA) is 0 Å². The summed E-state index contributed by atoms with van der Waals surface area (Å²) < 4.78 is 0. The number of allylic oxidation sites excluding steroid dienone is 1. The molecule has 7 unspecified atom stereocenters. The largest absolute Gasteiger partial charge is 0.103 e. The molecular weight excluding hydrogens is 853 g/mol. The predicted molar refractivity (Wildman–Crippen MR) is 311 cm³/mol. The SMILES string of the molecule is C=CC1CCC(CC(CC(CC(C)C2CCC(C)CC2)C2CCC(CC(C)C3CCC(C)CC3)CC2)C2CCC(CC(C3CCC(CC(C)C4CCC(C)CC4)CC3)C(C)C3CCC(C)CC3)CC2)CC1. The van der Waals surface area contributed by atoms with Crippen LogP contribution in [0.2, 0.25) is 0 Å². The van der Waals surface area contributed by atoms with Crippen molar-refractivity contribution in [2.24, 2.45) is 136 Å². The summed E-state index contributed by atoms with van der Waals surface area (Å²) in [5.41, 5.74) is 0. The summed E-state index contributed by atoms with van der Waals surface area (Å²) in [6.45, 7) is 25.3. The lowest BCUT2D eigenvalue weighted by Crippen LogP contribution is -2.35. The quantitative estimate of drug-likeness (QED) is 0.101. The maximum atomic E-state index is 4.28. The standard InChI is InChI=1S/C71H126/c1-10-57-19-21-60(22-20-57)46-70(48-69(45-55(8)64-33-15-51(4)16-34-64)66-37-23-58(24-38-66)43-53(6)62-29-11-49(2)12-30-62)67-39-25-61(26-40-67)47-71(56(9)65-35-17-52(5)18-36-65)68-41-27-59(28-42-68)44-54(7)63-31-13-50(3)14-32-63/h10,49-71H,1,11-48H2,2-9H3. The Morgan fingerprint density at radius 1 is 0.310 bits per heavy atom. The Balaban J connectivity index is 0.919. The van der Waals surface area contributed by atoms with Crippen molar-refractivity contribution in [3.05, 3.63) is 12.7 Å². The molecule has 8 aliphatic rings. The monoisotopic (exact) mass is 979 g/mol. The van der Waals surface area contributed by atoms with Crippen LogP contribution in [-0.4, -0.2) is 0 Å². The molecule has 0 aromatic carbocycles. The van der Waals surface area contributed by atoms with Gasteiger partial charge in [0, 0.05) is 0 Å². The molecule has 0 aliphatic heterocycles. The van der Waals surface area contributed by atoms with Crippen LogP contribution in [0.4, 0.5) is 0 Å². The lowest BCUT2D eigenvalue weighted by Gasteiger charge is -2.45. The highest BCUT2D eigenvalue weighted by molar-refractivity contribution is 4.93. The summed E-state index contributed by atoms with van der Waals surface area (Å²) in [4.78, 5) is 0. The predicted octanol–water partition coefficient (Wildman–Crippen LogP) is 22.4. The number of rotatable bonds is 21. The zero-order valence-corrected chi connectivity index (χ0v) is 49.4. The lowest BCUT2D eigenvalue weighted by molar-refractivity contribution is 0.0555. The molecule has 410 valence electrons. The van der Waals surface area contributed by atoms with Gasteiger partial charge in [0.25, 0.3) is 0 Å². The summed E-state index contributed by atoms with van der Waals surface area (Å²) in [7, 11) is 0. The Morgan fingerprint density at radius 2 is 0.634 bits per heavy atom. The van der Waals surface area contributed by atoms with Gasteiger partial charge in [0.15, 0.2) is 0 Å². The Kier molecular flexibility index (Phi) is 22.8. The van der Waals surface area contributed by atoms with Crippen molar-refractivity contribution in [2.75, 3.05) is 0 Å². The third-order valence-electron chi connectivity index (χ3n) is 25.8. The second-order valence-corrected chi connectivity index (χ2v) is 30.8. The minimum absolute atomic E-state index is 0.794. The molecule has 0 saturated heterocycles. The van der Waals surface area contributed by atoms with E-state index in [1.54, 1.807) is 116 Å². The second kappa shape index (κ2) is 28.4. The Hall–Kier alpha value is -0.260. The van der Waals surface area contributed by atoms with Gasteiger partial charge in [0.05, 0.1) is 0 Å². The highest BCUT2D eigenvalue weighted by atomic mass is 14.5. The summed E-state index contributed by atoms with van der Waals surface area (Å²) in [6.07, 6.45) is 60.7. The molecule has 8 aliphatic carbocycles. The van der Waals surface area contributed by atoms with E-state index in [4.69, 9.17) is 0 Å². The van der Waals surface area contributed by atoms with Crippen LogP contribution in [0.5, 0.6) is 0 Å². The van der Waals surface area contributed by atoms with Crippen molar-refractivity contribution in [1.29, 1.82) is 0 Å². The van der Waals surface area contributed by atoms with Gasteiger partial charge in [-0.1, -0.05) is 151 Å². The van der Waals surface area contributed by atoms with Crippen LogP contribution in [-0.2, 0) is 0 Å². The fourth-order valence-electron chi connectivity index (χ4n) is 20.1. The molecule has 8 rings (SSSR count). The third kappa shape index (κ3) is 16.9. The average Bonchev–Trinajstić information content (AvgIpc) is 3.39. The first-order valence-corrected chi connectivity index (χ1v) is 34.0. The van der Waals surface area contributed by atoms with Crippen LogP contribution >= 0.6 is 0 Å². The van der Waals surface area contributed by atoms with Crippen LogP contribution in [0.1, 0.15) is 299 Å². The number of hydrogen-bond acceptors (Lipinski definition) is 0. The fraction of sp³-hybridized carbons (Fsp3) is 0.972. The summed E-state index contributed by atoms with van der Waals surface area (Å²) in [5.74, 6) is 22.6. The highest BCUT2D eigenvalue weighted by Gasteiger charge is 2.41. The van der Waals surface area contributed by atoms with E-state index in [2.05, 4.69) is 68.0 Å². The van der Waals surface area contributed by atoms with Gasteiger partial charge in [-0.15, -0.1) is 6.58 Å². The van der Waals surface area contributed by atoms with E-state index in [-0.39, 0.29) is 0 Å². The molecule has 0 N–H and O–H groups in total. The summed E-state index contributed by atoms with van der Waals surface area (Å²) in [5, 5.41) is 0. The van der Waals surface area contributed by atoms with Crippen molar-refractivity contribution < 1.29 is 0 Å². The summed E-state index contributed by atoms with van der Waals surface area (Å²) >= 11 is 0. The maximum absolute atomic E-state index is 4.28. The average molecular weight is 980 g/mol. The molecule has 0 aromatic heterocycles. The van der Waals surface area contributed by atoms with E-state index < -0.39 is 0 Å². The molecule has 0 amide bonds. The van der Waals surface area contributed by atoms with Crippen molar-refractivity contribution in [2.45, 2.75) is 299 Å². The van der Waals surface area contributed by atoms with Gasteiger partial charge in [-0.2, -0.15) is 0 Å². The minimum atomic E-state index is 0.794. The van der Waals surface area contributed by atoms with E-state index in [0.717, 1.165) is 136 Å². The van der Waals surface area contributed by atoms with Crippen LogP contribution in [0.3, 0.4) is 0 Å². The van der Waals surface area contributed by atoms with E-state index >= 15 is 0 Å². The smallest absolute Gasteiger partial charge is 0.0236 e. The Bertz CT molecular complexity index is 1430. The van der Waals surface area contributed by atoms with E-state index in [1.165, 1.54) is 128 Å². The molecule has 7 atom stereocenters. The van der Waals surface area contributed by atoms with Gasteiger partial charge >= 0.3 is 0 Å². The van der Waals surface area contributed by atoms with Crippen LogP contribution in [0.15, 0.2) is 12.7 Å². The van der Waals surface area contributed by atoms with Crippen LogP contribution in [0, 0.1) is 136 Å². The lowest BCUT2D eigenvalue weighted by atomic mass is 9.60. The van der Waals surface area contributed by atoms with Crippen LogP contribution < -0.4 is 0 Å². The normalized spacial score (nSPS) is 42.0. The summed E-state index contributed by atoms with van der Waals surface area (Å²) in [6, 6.07) is 0. The molecule has 8 fully saturated rings. The molecule has 71 heavy (non-hydrogen) atoms. The first kappa shape index (κ1) is 56.9. The van der Waals surface area contributed by atoms with Crippen LogP contribution in [0.25, 0.3) is 0 Å². The second-order valence-electron chi connectivity index (χ2n) is 30.8. The first-order chi connectivity index (χ1) is 34.4. The van der Waals surface area contributed by atoms with E-state index in [1.807, 2.05) is 0 Å². The van der Waals surface area contributed by atoms with Crippen molar-refractivity contribution in [3.8, 4) is 0 Å². The molecule has 0 nitrogen and oxygen atoms in total. The Morgan fingerprint density at radius 3 is 1.06 bits per heavy atom. The highest BCUT2D eigenvalue weighted by Crippen LogP contribution is 2.52. The van der Waals surface area contributed by atoms with Gasteiger partial charge in [-0.3, -0.25) is 0 Å². The van der Waals surface area contributed by atoms with Gasteiger partial charge in [-0.05, 0) is 290 Å². The van der Waals surface area contributed by atoms with Gasteiger partial charge in [0.2, 0.25) is 0 Å². The van der Waals surface area contributed by atoms with Crippen molar-refractivity contribution in [1.82, 2.24) is 0 Å². The third-order valence-corrected chi connectivity index (χ3v) is 25.8. The first-order valence-electron chi connectivity index (χ1n) is 34.0. The molecule has 0 radical (unpaired) electrons. The minimum Gasteiger partial charge on any atom is -0.103 e. The maximum Gasteiger partial charge on any atom is -0.0236 e. The van der Waals surface area contributed by atoms with Gasteiger partial charge in [0.1, 0.15) is 0 Å². The van der Waals surface area contributed by atoms with Crippen molar-refractivity contribution in [3.63, 3.8) is 0 Å². The van der Waals surface area contributed by atoms with E-state index in [9.17, 15) is 0 Å². The van der Waals surface area contributed by atoms with Gasteiger partial charge in [-0.25, -0.2) is 0 Å². The molecule has 0 heteroatoms. The molecule has 8 saturated carbocycles. The molecule has 0 spiro atoms.